The molecule has 4 heteroatoms. The van der Waals surface area contributed by atoms with E-state index < -0.39 is 0 Å². The Balaban J connectivity index is 1.86. The van der Waals surface area contributed by atoms with E-state index in [4.69, 9.17) is 4.74 Å². The summed E-state index contributed by atoms with van der Waals surface area (Å²) in [7, 11) is 0. The van der Waals surface area contributed by atoms with E-state index in [0.29, 0.717) is 13.0 Å². The van der Waals surface area contributed by atoms with Crippen LogP contribution in [0.1, 0.15) is 31.4 Å². The molecule has 0 aromatic heterocycles. The summed E-state index contributed by atoms with van der Waals surface area (Å²) < 4.78 is 5.97. The number of fused-ring (bicyclic) bond motifs is 1. The van der Waals surface area contributed by atoms with E-state index in [-0.39, 0.29) is 18.0 Å². The number of carbonyl (C=O) groups is 1. The fourth-order valence-electron chi connectivity index (χ4n) is 3.21. The van der Waals surface area contributed by atoms with Gasteiger partial charge in [0, 0.05) is 12.6 Å². The standard InChI is InChI=1S/C21H26N2O2/c1-15(2)22-21(24)12-18-14-25-20-11-16(3)9-10-19(20)23(18)13-17-7-5-4-6-8-17/h4-11,15,18H,12-14H2,1-3H3,(H,22,24)/t18-/m1/s1. The third kappa shape index (κ3) is 4.32. The molecule has 0 spiro atoms. The Morgan fingerprint density at radius 1 is 1.24 bits per heavy atom. The zero-order valence-corrected chi connectivity index (χ0v) is 15.2. The second-order valence-corrected chi connectivity index (χ2v) is 6.98. The van der Waals surface area contributed by atoms with E-state index in [1.54, 1.807) is 0 Å². The number of ether oxygens (including phenoxy) is 1. The van der Waals surface area contributed by atoms with Crippen LogP contribution in [0, 0.1) is 6.92 Å². The lowest BCUT2D eigenvalue weighted by Crippen LogP contribution is -2.46. The fourth-order valence-corrected chi connectivity index (χ4v) is 3.21. The predicted octanol–water partition coefficient (Wildman–Crippen LogP) is 3.68. The van der Waals surface area contributed by atoms with Crippen molar-refractivity contribution in [2.45, 2.75) is 45.8 Å². The van der Waals surface area contributed by atoms with Crippen LogP contribution in [0.5, 0.6) is 5.75 Å². The van der Waals surface area contributed by atoms with Crippen LogP contribution in [0.25, 0.3) is 0 Å². The zero-order chi connectivity index (χ0) is 17.8. The smallest absolute Gasteiger partial charge is 0.222 e. The molecule has 4 nitrogen and oxygen atoms in total. The maximum Gasteiger partial charge on any atom is 0.222 e. The first-order valence-corrected chi connectivity index (χ1v) is 8.86. The highest BCUT2D eigenvalue weighted by atomic mass is 16.5. The summed E-state index contributed by atoms with van der Waals surface area (Å²) in [6.07, 6.45) is 0.429. The van der Waals surface area contributed by atoms with E-state index in [2.05, 4.69) is 47.5 Å². The first-order chi connectivity index (χ1) is 12.0. The van der Waals surface area contributed by atoms with Crippen LogP contribution in [0.4, 0.5) is 5.69 Å². The number of nitrogens with one attached hydrogen (secondary N) is 1. The highest BCUT2D eigenvalue weighted by Gasteiger charge is 2.29. The van der Waals surface area contributed by atoms with Crippen molar-refractivity contribution in [2.75, 3.05) is 11.5 Å². The van der Waals surface area contributed by atoms with E-state index in [0.717, 1.165) is 18.0 Å². The molecule has 132 valence electrons. The molecule has 1 N–H and O–H groups in total. The quantitative estimate of drug-likeness (QED) is 0.904. The number of aryl methyl sites for hydroxylation is 1. The minimum absolute atomic E-state index is 0.0224. The topological polar surface area (TPSA) is 41.6 Å². The van der Waals surface area contributed by atoms with E-state index >= 15 is 0 Å². The Labute approximate surface area is 149 Å². The van der Waals surface area contributed by atoms with Gasteiger partial charge in [0.15, 0.2) is 0 Å². The van der Waals surface area contributed by atoms with Gasteiger partial charge in [0.25, 0.3) is 0 Å². The van der Waals surface area contributed by atoms with Gasteiger partial charge in [-0.2, -0.15) is 0 Å². The van der Waals surface area contributed by atoms with Crippen LogP contribution < -0.4 is 15.0 Å². The molecule has 0 fully saturated rings. The maximum absolute atomic E-state index is 12.3. The lowest BCUT2D eigenvalue weighted by molar-refractivity contribution is -0.122. The average molecular weight is 338 g/mol. The summed E-state index contributed by atoms with van der Waals surface area (Å²) >= 11 is 0. The molecular weight excluding hydrogens is 312 g/mol. The zero-order valence-electron chi connectivity index (χ0n) is 15.2. The van der Waals surface area contributed by atoms with E-state index in [1.165, 1.54) is 11.1 Å². The minimum Gasteiger partial charge on any atom is -0.489 e. The van der Waals surface area contributed by atoms with Crippen molar-refractivity contribution in [1.82, 2.24) is 5.32 Å². The normalized spacial score (nSPS) is 16.3. The molecule has 0 radical (unpaired) electrons. The van der Waals surface area contributed by atoms with Crippen LogP contribution in [-0.2, 0) is 11.3 Å². The lowest BCUT2D eigenvalue weighted by Gasteiger charge is -2.38. The molecule has 0 saturated carbocycles. The van der Waals surface area contributed by atoms with Gasteiger partial charge < -0.3 is 15.0 Å². The van der Waals surface area contributed by atoms with Crippen LogP contribution >= 0.6 is 0 Å². The molecule has 1 heterocycles. The number of amides is 1. The maximum atomic E-state index is 12.3. The van der Waals surface area contributed by atoms with Crippen molar-refractivity contribution in [2.24, 2.45) is 0 Å². The van der Waals surface area contributed by atoms with Gasteiger partial charge in [-0.25, -0.2) is 0 Å². The van der Waals surface area contributed by atoms with E-state index in [1.807, 2.05) is 32.0 Å². The Bertz CT molecular complexity index is 728. The molecule has 0 bridgehead atoms. The summed E-state index contributed by atoms with van der Waals surface area (Å²) in [5.41, 5.74) is 3.46. The van der Waals surface area contributed by atoms with Gasteiger partial charge in [-0.3, -0.25) is 4.79 Å². The second-order valence-electron chi connectivity index (χ2n) is 6.98. The molecule has 0 saturated heterocycles. The molecule has 25 heavy (non-hydrogen) atoms. The van der Waals surface area contributed by atoms with Gasteiger partial charge in [-0.1, -0.05) is 36.4 Å². The number of hydrogen-bond acceptors (Lipinski definition) is 3. The van der Waals surface area contributed by atoms with Crippen molar-refractivity contribution >= 4 is 11.6 Å². The highest BCUT2D eigenvalue weighted by molar-refractivity contribution is 5.78. The largest absolute Gasteiger partial charge is 0.489 e. The Morgan fingerprint density at radius 3 is 2.72 bits per heavy atom. The van der Waals surface area contributed by atoms with Crippen molar-refractivity contribution in [1.29, 1.82) is 0 Å². The molecule has 2 aromatic rings. The van der Waals surface area contributed by atoms with Gasteiger partial charge in [0.1, 0.15) is 12.4 Å². The highest BCUT2D eigenvalue weighted by Crippen LogP contribution is 2.36. The van der Waals surface area contributed by atoms with Crippen molar-refractivity contribution in [3.63, 3.8) is 0 Å². The molecule has 0 aliphatic carbocycles. The van der Waals surface area contributed by atoms with E-state index in [9.17, 15) is 4.79 Å². The summed E-state index contributed by atoms with van der Waals surface area (Å²) in [6, 6.07) is 16.8. The number of anilines is 1. The summed E-state index contributed by atoms with van der Waals surface area (Å²) in [5, 5.41) is 2.99. The fraction of sp³-hybridized carbons (Fsp3) is 0.381. The predicted molar refractivity (Wildman–Crippen MR) is 101 cm³/mol. The van der Waals surface area contributed by atoms with Crippen LogP contribution in [0.3, 0.4) is 0 Å². The molecule has 0 unspecified atom stereocenters. The second kappa shape index (κ2) is 7.60. The van der Waals surface area contributed by atoms with Crippen LogP contribution in [-0.4, -0.2) is 24.6 Å². The van der Waals surface area contributed by atoms with Gasteiger partial charge >= 0.3 is 0 Å². The molecule has 1 aliphatic rings. The van der Waals surface area contributed by atoms with Crippen LogP contribution in [0.2, 0.25) is 0 Å². The summed E-state index contributed by atoms with van der Waals surface area (Å²) in [6.45, 7) is 7.31. The average Bonchev–Trinajstić information content (AvgIpc) is 2.57. The number of nitrogens with zero attached hydrogens (tertiary/aromatic N) is 1. The van der Waals surface area contributed by atoms with Crippen molar-refractivity contribution in [3.8, 4) is 5.75 Å². The van der Waals surface area contributed by atoms with Gasteiger partial charge in [-0.05, 0) is 44.0 Å². The van der Waals surface area contributed by atoms with Crippen molar-refractivity contribution in [3.05, 3.63) is 59.7 Å². The molecule has 3 rings (SSSR count). The van der Waals surface area contributed by atoms with Gasteiger partial charge in [-0.15, -0.1) is 0 Å². The Morgan fingerprint density at radius 2 is 2.00 bits per heavy atom. The van der Waals surface area contributed by atoms with Gasteiger partial charge in [0.05, 0.1) is 18.2 Å². The number of rotatable bonds is 5. The molecule has 1 aliphatic heterocycles. The molecule has 1 amide bonds. The molecule has 2 aromatic carbocycles. The number of hydrogen-bond donors (Lipinski definition) is 1. The third-order valence-electron chi connectivity index (χ3n) is 4.36. The van der Waals surface area contributed by atoms with Gasteiger partial charge in [0.2, 0.25) is 5.91 Å². The lowest BCUT2D eigenvalue weighted by atomic mass is 10.0. The monoisotopic (exact) mass is 338 g/mol. The molecular formula is C21H26N2O2. The Kier molecular flexibility index (Phi) is 5.27. The first-order valence-electron chi connectivity index (χ1n) is 8.86. The number of carbonyl (C=O) groups excluding carboxylic acids is 1. The number of benzene rings is 2. The first kappa shape index (κ1) is 17.3. The SMILES string of the molecule is Cc1ccc2c(c1)OC[C@@H](CC(=O)NC(C)C)N2Cc1ccccc1. The minimum atomic E-state index is 0.0224. The van der Waals surface area contributed by atoms with Crippen LogP contribution in [0.15, 0.2) is 48.5 Å². The third-order valence-corrected chi connectivity index (χ3v) is 4.36. The summed E-state index contributed by atoms with van der Waals surface area (Å²) in [5.74, 6) is 0.966. The Hall–Kier alpha value is -2.49. The summed E-state index contributed by atoms with van der Waals surface area (Å²) in [4.78, 5) is 14.6. The van der Waals surface area contributed by atoms with Crippen molar-refractivity contribution < 1.29 is 9.53 Å². The molecule has 1 atom stereocenters.